The van der Waals surface area contributed by atoms with Crippen molar-refractivity contribution in [3.8, 4) is 11.3 Å². The quantitative estimate of drug-likeness (QED) is 0.221. The summed E-state index contributed by atoms with van der Waals surface area (Å²) in [5.74, 6) is -0.0516. The summed E-state index contributed by atoms with van der Waals surface area (Å²) in [7, 11) is 0. The smallest absolute Gasteiger partial charge is 0.254 e. The summed E-state index contributed by atoms with van der Waals surface area (Å²) >= 11 is 19.0. The lowest BCUT2D eigenvalue weighted by molar-refractivity contribution is 0.0735. The van der Waals surface area contributed by atoms with Crippen molar-refractivity contribution in [3.05, 3.63) is 111 Å². The zero-order chi connectivity index (χ0) is 24.1. The van der Waals surface area contributed by atoms with E-state index in [2.05, 4.69) is 30.3 Å². The Morgan fingerprint density at radius 3 is 2.49 bits per heavy atom. The molecule has 35 heavy (non-hydrogen) atoms. The van der Waals surface area contributed by atoms with Crippen LogP contribution in [0.5, 0.6) is 0 Å². The molecular formula is C29H19Cl3N2O. The predicted molar refractivity (Wildman–Crippen MR) is 145 cm³/mol. The first-order valence-electron chi connectivity index (χ1n) is 11.3. The first-order chi connectivity index (χ1) is 17.0. The van der Waals surface area contributed by atoms with Crippen molar-refractivity contribution in [1.29, 1.82) is 0 Å². The van der Waals surface area contributed by atoms with Gasteiger partial charge in [-0.1, -0.05) is 71.2 Å². The highest BCUT2D eigenvalue weighted by molar-refractivity contribution is 6.36. The summed E-state index contributed by atoms with van der Waals surface area (Å²) in [6.45, 7) is 1.04. The summed E-state index contributed by atoms with van der Waals surface area (Å²) in [4.78, 5) is 20.4. The fourth-order valence-corrected chi connectivity index (χ4v) is 5.69. The lowest BCUT2D eigenvalue weighted by Gasteiger charge is -2.31. The number of hydrogen-bond donors (Lipinski definition) is 0. The van der Waals surface area contributed by atoms with E-state index in [9.17, 15) is 4.79 Å². The van der Waals surface area contributed by atoms with E-state index in [4.69, 9.17) is 39.8 Å². The lowest BCUT2D eigenvalue weighted by Crippen LogP contribution is -2.36. The largest absolute Gasteiger partial charge is 0.334 e. The molecule has 1 aromatic heterocycles. The van der Waals surface area contributed by atoms with Crippen molar-refractivity contribution >= 4 is 62.4 Å². The Morgan fingerprint density at radius 2 is 1.66 bits per heavy atom. The highest BCUT2D eigenvalue weighted by atomic mass is 35.5. The second-order valence-electron chi connectivity index (χ2n) is 8.71. The van der Waals surface area contributed by atoms with Gasteiger partial charge in [0.1, 0.15) is 0 Å². The Balaban J connectivity index is 1.57. The van der Waals surface area contributed by atoms with Crippen molar-refractivity contribution in [2.75, 3.05) is 6.54 Å². The molecule has 0 radical (unpaired) electrons. The van der Waals surface area contributed by atoms with Crippen LogP contribution in [0.4, 0.5) is 0 Å². The van der Waals surface area contributed by atoms with Crippen LogP contribution < -0.4 is 0 Å². The van der Waals surface area contributed by atoms with Gasteiger partial charge in [0.05, 0.1) is 16.2 Å². The fraction of sp³-hybridized carbons (Fsp3) is 0.103. The van der Waals surface area contributed by atoms with Gasteiger partial charge in [-0.3, -0.25) is 4.79 Å². The number of carbonyl (C=O) groups excluding carboxylic acids is 1. The Hall–Kier alpha value is -3.11. The van der Waals surface area contributed by atoms with Crippen LogP contribution in [0.2, 0.25) is 15.1 Å². The molecule has 0 atom stereocenters. The summed E-state index contributed by atoms with van der Waals surface area (Å²) < 4.78 is 0. The van der Waals surface area contributed by atoms with Gasteiger partial charge in [0.15, 0.2) is 0 Å². The number of benzene rings is 4. The van der Waals surface area contributed by atoms with Crippen molar-refractivity contribution in [2.24, 2.45) is 0 Å². The monoisotopic (exact) mass is 516 g/mol. The fourth-order valence-electron chi connectivity index (χ4n) is 5.00. The van der Waals surface area contributed by atoms with Gasteiger partial charge >= 0.3 is 0 Å². The molecule has 3 nitrogen and oxygen atoms in total. The maximum Gasteiger partial charge on any atom is 0.254 e. The molecule has 1 aliphatic heterocycles. The number of pyridine rings is 1. The normalized spacial score (nSPS) is 13.3. The Bertz CT molecular complexity index is 1650. The van der Waals surface area contributed by atoms with E-state index >= 15 is 0 Å². The molecule has 1 amide bonds. The van der Waals surface area contributed by atoms with Crippen LogP contribution in [0.3, 0.4) is 0 Å². The lowest BCUT2D eigenvalue weighted by atomic mass is 9.89. The number of rotatable bonds is 2. The maximum atomic E-state index is 13.4. The van der Waals surface area contributed by atoms with Crippen molar-refractivity contribution in [2.45, 2.75) is 13.0 Å². The van der Waals surface area contributed by atoms with E-state index in [0.29, 0.717) is 40.1 Å². The third-order valence-electron chi connectivity index (χ3n) is 6.62. The molecule has 172 valence electrons. The average Bonchev–Trinajstić information content (AvgIpc) is 2.87. The molecular weight excluding hydrogens is 499 g/mol. The maximum absolute atomic E-state index is 13.4. The summed E-state index contributed by atoms with van der Waals surface area (Å²) in [6.07, 6.45) is 0.715. The summed E-state index contributed by atoms with van der Waals surface area (Å²) in [5, 5.41) is 5.11. The molecule has 0 spiro atoms. The summed E-state index contributed by atoms with van der Waals surface area (Å²) in [6, 6.07) is 25.0. The van der Waals surface area contributed by atoms with E-state index < -0.39 is 0 Å². The molecule has 6 heteroatoms. The third-order valence-corrected chi connectivity index (χ3v) is 7.40. The van der Waals surface area contributed by atoms with E-state index in [1.165, 1.54) is 10.9 Å². The molecule has 0 saturated heterocycles. The van der Waals surface area contributed by atoms with Gasteiger partial charge < -0.3 is 4.90 Å². The number of fused-ring (bicyclic) bond motifs is 5. The number of halogens is 3. The molecule has 2 heterocycles. The standard InChI is InChI=1S/C29H19Cl3N2O/c30-19-6-3-5-18(14-19)29(35)34-13-12-22-24(16-34)28(23-10-9-20(31)15-25(23)32)33-26-11-8-17-4-1-2-7-21(17)27(22)26/h1-11,14-15H,12-13,16H2. The number of nitrogens with zero attached hydrogens (tertiary/aromatic N) is 2. The van der Waals surface area contributed by atoms with E-state index in [1.807, 2.05) is 23.1 Å². The SMILES string of the molecule is O=C(c1cccc(Cl)c1)N1CCc2c(c(-c3ccc(Cl)cc3Cl)nc3ccc4ccccc4c23)C1. The van der Waals surface area contributed by atoms with Crippen LogP contribution in [0.25, 0.3) is 32.9 Å². The molecule has 0 saturated carbocycles. The third kappa shape index (κ3) is 3.94. The Morgan fingerprint density at radius 1 is 0.829 bits per heavy atom. The molecule has 0 aliphatic carbocycles. The minimum Gasteiger partial charge on any atom is -0.334 e. The van der Waals surface area contributed by atoms with Crippen LogP contribution in [0, 0.1) is 0 Å². The van der Waals surface area contributed by atoms with Crippen LogP contribution in [-0.4, -0.2) is 22.3 Å². The highest BCUT2D eigenvalue weighted by Crippen LogP contribution is 2.40. The first-order valence-corrected chi connectivity index (χ1v) is 12.5. The van der Waals surface area contributed by atoms with Crippen molar-refractivity contribution in [3.63, 3.8) is 0 Å². The topological polar surface area (TPSA) is 33.2 Å². The van der Waals surface area contributed by atoms with Gasteiger partial charge in [0, 0.05) is 45.2 Å². The van der Waals surface area contributed by atoms with E-state index in [1.54, 1.807) is 30.3 Å². The number of carbonyl (C=O) groups is 1. The van der Waals surface area contributed by atoms with Crippen LogP contribution in [-0.2, 0) is 13.0 Å². The highest BCUT2D eigenvalue weighted by Gasteiger charge is 2.28. The van der Waals surface area contributed by atoms with Gasteiger partial charge in [-0.25, -0.2) is 4.98 Å². The second-order valence-corrected chi connectivity index (χ2v) is 9.99. The van der Waals surface area contributed by atoms with Gasteiger partial charge in [-0.15, -0.1) is 0 Å². The predicted octanol–water partition coefficient (Wildman–Crippen LogP) is 8.21. The molecule has 1 aliphatic rings. The van der Waals surface area contributed by atoms with Gasteiger partial charge in [-0.05, 0) is 65.2 Å². The molecule has 0 fully saturated rings. The van der Waals surface area contributed by atoms with Crippen molar-refractivity contribution in [1.82, 2.24) is 9.88 Å². The van der Waals surface area contributed by atoms with Crippen LogP contribution >= 0.6 is 34.8 Å². The number of amides is 1. The van der Waals surface area contributed by atoms with Crippen LogP contribution in [0.15, 0.2) is 78.9 Å². The van der Waals surface area contributed by atoms with Crippen molar-refractivity contribution < 1.29 is 4.79 Å². The van der Waals surface area contributed by atoms with E-state index in [0.717, 1.165) is 33.1 Å². The second kappa shape index (κ2) is 8.83. The average molecular weight is 518 g/mol. The number of aromatic nitrogens is 1. The molecule has 0 unspecified atom stereocenters. The van der Waals surface area contributed by atoms with Gasteiger partial charge in [0.2, 0.25) is 0 Å². The Kier molecular flexibility index (Phi) is 5.64. The zero-order valence-electron chi connectivity index (χ0n) is 18.6. The minimum absolute atomic E-state index is 0.0516. The number of hydrogen-bond acceptors (Lipinski definition) is 2. The first kappa shape index (κ1) is 22.4. The minimum atomic E-state index is -0.0516. The molecule has 4 aromatic carbocycles. The summed E-state index contributed by atoms with van der Waals surface area (Å²) in [5.41, 5.74) is 5.31. The van der Waals surface area contributed by atoms with Gasteiger partial charge in [-0.2, -0.15) is 0 Å². The molecule has 5 aromatic rings. The molecule has 6 rings (SSSR count). The Labute approximate surface area is 217 Å². The molecule has 0 bridgehead atoms. The van der Waals surface area contributed by atoms with Crippen LogP contribution in [0.1, 0.15) is 21.5 Å². The zero-order valence-corrected chi connectivity index (χ0v) is 20.8. The van der Waals surface area contributed by atoms with Gasteiger partial charge in [0.25, 0.3) is 5.91 Å². The van der Waals surface area contributed by atoms with E-state index in [-0.39, 0.29) is 5.91 Å². The molecule has 0 N–H and O–H groups in total.